The van der Waals surface area contributed by atoms with Gasteiger partial charge in [-0.3, -0.25) is 4.99 Å². The van der Waals surface area contributed by atoms with Crippen molar-refractivity contribution >= 4 is 28.3 Å². The highest BCUT2D eigenvalue weighted by atomic mass is 32.2. The van der Waals surface area contributed by atoms with Gasteiger partial charge >= 0.3 is 0 Å². The maximum atomic E-state index is 4.70. The minimum absolute atomic E-state index is 0.139. The number of nitrogens with one attached hydrogen (secondary N) is 1. The van der Waals surface area contributed by atoms with Gasteiger partial charge in [0.25, 0.3) is 0 Å². The lowest BCUT2D eigenvalue weighted by Gasteiger charge is -2.30. The van der Waals surface area contributed by atoms with Crippen LogP contribution in [0.15, 0.2) is 16.6 Å². The van der Waals surface area contributed by atoms with Gasteiger partial charge < -0.3 is 5.32 Å². The lowest BCUT2D eigenvalue weighted by Crippen LogP contribution is -2.42. The van der Waals surface area contributed by atoms with Crippen molar-refractivity contribution in [1.29, 1.82) is 0 Å². The van der Waals surface area contributed by atoms with Crippen LogP contribution in [0.5, 0.6) is 0 Å². The van der Waals surface area contributed by atoms with E-state index in [1.165, 1.54) is 0 Å². The van der Waals surface area contributed by atoms with Crippen LogP contribution in [-0.2, 0) is 5.54 Å². The average Bonchev–Trinajstić information content (AvgIpc) is 2.77. The summed E-state index contributed by atoms with van der Waals surface area (Å²) in [6.07, 6.45) is 1.85. The molecule has 3 nitrogen and oxygen atoms in total. The van der Waals surface area contributed by atoms with E-state index in [0.717, 1.165) is 15.9 Å². The van der Waals surface area contributed by atoms with Crippen LogP contribution in [0.4, 0.5) is 0 Å². The summed E-state index contributed by atoms with van der Waals surface area (Å²) in [7, 11) is 0. The van der Waals surface area contributed by atoms with Crippen molar-refractivity contribution in [3.8, 4) is 0 Å². The summed E-state index contributed by atoms with van der Waals surface area (Å²) in [4.78, 5) is 9.08. The molecule has 1 aromatic heterocycles. The van der Waals surface area contributed by atoms with E-state index in [4.69, 9.17) is 4.99 Å². The van der Waals surface area contributed by atoms with Crippen molar-refractivity contribution in [1.82, 2.24) is 10.3 Å². The molecule has 1 aliphatic rings. The lowest BCUT2D eigenvalue weighted by atomic mass is 10.1. The first kappa shape index (κ1) is 12.9. The molecule has 2 atom stereocenters. The van der Waals surface area contributed by atoms with Crippen molar-refractivity contribution in [2.24, 2.45) is 10.9 Å². The zero-order valence-electron chi connectivity index (χ0n) is 10.7. The summed E-state index contributed by atoms with van der Waals surface area (Å²) in [5, 5.41) is 7.68. The van der Waals surface area contributed by atoms with Crippen LogP contribution in [0.3, 0.4) is 0 Å². The Hall–Kier alpha value is -0.550. The van der Waals surface area contributed by atoms with E-state index in [-0.39, 0.29) is 5.54 Å². The highest BCUT2D eigenvalue weighted by Crippen LogP contribution is 2.27. The first-order chi connectivity index (χ1) is 7.99. The van der Waals surface area contributed by atoms with E-state index in [2.05, 4.69) is 38.0 Å². The fraction of sp³-hybridized carbons (Fsp3) is 0.667. The highest BCUT2D eigenvalue weighted by Gasteiger charge is 2.27. The smallest absolute Gasteiger partial charge is 0.157 e. The Bertz CT molecular complexity index is 398. The Kier molecular flexibility index (Phi) is 3.78. The second-order valence-electron chi connectivity index (χ2n) is 5.05. The molecule has 5 heteroatoms. The molecule has 0 aliphatic carbocycles. The van der Waals surface area contributed by atoms with Gasteiger partial charge in [-0.15, -0.1) is 11.3 Å². The Morgan fingerprint density at radius 3 is 2.76 bits per heavy atom. The van der Waals surface area contributed by atoms with Gasteiger partial charge in [0.15, 0.2) is 5.17 Å². The average molecular weight is 269 g/mol. The molecule has 0 spiro atoms. The van der Waals surface area contributed by atoms with E-state index in [1.54, 1.807) is 11.3 Å². The largest absolute Gasteiger partial charge is 0.354 e. The Morgan fingerprint density at radius 2 is 2.18 bits per heavy atom. The SMILES string of the molecule is CC1CSC(NC(C)(C)c2nccs2)=NC1C. The maximum absolute atomic E-state index is 4.70. The van der Waals surface area contributed by atoms with Gasteiger partial charge in [-0.25, -0.2) is 4.98 Å². The second-order valence-corrected chi connectivity index (χ2v) is 6.95. The Morgan fingerprint density at radius 1 is 1.41 bits per heavy atom. The zero-order chi connectivity index (χ0) is 12.5. The zero-order valence-corrected chi connectivity index (χ0v) is 12.4. The van der Waals surface area contributed by atoms with Crippen molar-refractivity contribution < 1.29 is 0 Å². The molecular weight excluding hydrogens is 250 g/mol. The van der Waals surface area contributed by atoms with E-state index in [0.29, 0.717) is 12.0 Å². The van der Waals surface area contributed by atoms with Crippen LogP contribution in [0.2, 0.25) is 0 Å². The van der Waals surface area contributed by atoms with Crippen LogP contribution in [0.1, 0.15) is 32.7 Å². The van der Waals surface area contributed by atoms with Gasteiger partial charge in [0.1, 0.15) is 5.01 Å². The van der Waals surface area contributed by atoms with Gasteiger partial charge in [-0.2, -0.15) is 0 Å². The van der Waals surface area contributed by atoms with Crippen molar-refractivity contribution in [2.75, 3.05) is 5.75 Å². The Balaban J connectivity index is 2.09. The molecule has 0 radical (unpaired) electrons. The molecule has 0 aromatic carbocycles. The summed E-state index contributed by atoms with van der Waals surface area (Å²) in [5.41, 5.74) is -0.139. The third kappa shape index (κ3) is 3.01. The molecule has 0 bridgehead atoms. The van der Waals surface area contributed by atoms with Gasteiger partial charge in [0.2, 0.25) is 0 Å². The fourth-order valence-electron chi connectivity index (χ4n) is 1.62. The molecule has 2 rings (SSSR count). The standard InChI is InChI=1S/C12H19N3S2/c1-8-7-17-11(14-9(8)2)15-12(3,4)10-13-5-6-16-10/h5-6,8-9H,7H2,1-4H3,(H,14,15). The molecule has 1 N–H and O–H groups in total. The summed E-state index contributed by atoms with van der Waals surface area (Å²) < 4.78 is 0. The third-order valence-corrected chi connectivity index (χ3v) is 5.28. The summed E-state index contributed by atoms with van der Waals surface area (Å²) in [6.45, 7) is 8.74. The number of nitrogens with zero attached hydrogens (tertiary/aromatic N) is 2. The maximum Gasteiger partial charge on any atom is 0.157 e. The van der Waals surface area contributed by atoms with Crippen LogP contribution in [0, 0.1) is 5.92 Å². The molecule has 0 fully saturated rings. The lowest BCUT2D eigenvalue weighted by molar-refractivity contribution is 0.476. The second kappa shape index (κ2) is 4.98. The van der Waals surface area contributed by atoms with Gasteiger partial charge in [-0.1, -0.05) is 18.7 Å². The first-order valence-electron chi connectivity index (χ1n) is 5.88. The van der Waals surface area contributed by atoms with Gasteiger partial charge in [0, 0.05) is 17.3 Å². The van der Waals surface area contributed by atoms with E-state index < -0.39 is 0 Å². The topological polar surface area (TPSA) is 37.3 Å². The number of thioether (sulfide) groups is 1. The number of hydrogen-bond donors (Lipinski definition) is 1. The van der Waals surface area contributed by atoms with Crippen LogP contribution in [0.25, 0.3) is 0 Å². The number of hydrogen-bond acceptors (Lipinski definition) is 5. The van der Waals surface area contributed by atoms with Crippen LogP contribution >= 0.6 is 23.1 Å². The molecule has 1 aliphatic heterocycles. The summed E-state index contributed by atoms with van der Waals surface area (Å²) in [5.74, 6) is 1.80. The number of aromatic nitrogens is 1. The predicted molar refractivity (Wildman–Crippen MR) is 76.8 cm³/mol. The quantitative estimate of drug-likeness (QED) is 0.896. The van der Waals surface area contributed by atoms with Crippen molar-refractivity contribution in [2.45, 2.75) is 39.3 Å². The molecule has 0 amide bonds. The number of rotatable bonds is 2. The Labute approximate surface area is 111 Å². The first-order valence-corrected chi connectivity index (χ1v) is 7.74. The minimum atomic E-state index is -0.139. The molecule has 1 aromatic rings. The van der Waals surface area contributed by atoms with Crippen molar-refractivity contribution in [3.05, 3.63) is 16.6 Å². The number of thiazole rings is 1. The minimum Gasteiger partial charge on any atom is -0.354 e. The molecule has 2 unspecified atom stereocenters. The summed E-state index contributed by atoms with van der Waals surface area (Å²) >= 11 is 3.50. The van der Waals surface area contributed by atoms with Crippen LogP contribution < -0.4 is 5.32 Å². The normalized spacial score (nSPS) is 25.5. The van der Waals surface area contributed by atoms with E-state index >= 15 is 0 Å². The monoisotopic (exact) mass is 269 g/mol. The molecule has 0 saturated carbocycles. The number of amidine groups is 1. The third-order valence-electron chi connectivity index (χ3n) is 3.01. The van der Waals surface area contributed by atoms with Gasteiger partial charge in [0.05, 0.1) is 11.6 Å². The summed E-state index contributed by atoms with van der Waals surface area (Å²) in [6, 6.07) is 0.408. The van der Waals surface area contributed by atoms with E-state index in [1.807, 2.05) is 23.3 Å². The molecule has 94 valence electrons. The molecule has 0 saturated heterocycles. The fourth-order valence-corrected chi connectivity index (χ4v) is 3.61. The predicted octanol–water partition coefficient (Wildman–Crippen LogP) is 3.10. The highest BCUT2D eigenvalue weighted by molar-refractivity contribution is 8.13. The molecule has 17 heavy (non-hydrogen) atoms. The number of aliphatic imine (C=N–C) groups is 1. The van der Waals surface area contributed by atoms with Crippen LogP contribution in [-0.4, -0.2) is 21.9 Å². The molecular formula is C12H19N3S2. The van der Waals surface area contributed by atoms with E-state index in [9.17, 15) is 0 Å². The molecule has 2 heterocycles. The van der Waals surface area contributed by atoms with Crippen molar-refractivity contribution in [3.63, 3.8) is 0 Å². The van der Waals surface area contributed by atoms with Gasteiger partial charge in [-0.05, 0) is 26.7 Å².